The van der Waals surface area contributed by atoms with E-state index in [9.17, 15) is 8.42 Å². The van der Waals surface area contributed by atoms with E-state index in [0.29, 0.717) is 28.2 Å². The van der Waals surface area contributed by atoms with E-state index < -0.39 is 10.9 Å². The maximum atomic E-state index is 11.4. The summed E-state index contributed by atoms with van der Waals surface area (Å²) in [4.78, 5) is 8.62. The van der Waals surface area contributed by atoms with Gasteiger partial charge in [0.05, 0.1) is 29.3 Å². The van der Waals surface area contributed by atoms with Crippen molar-refractivity contribution in [2.24, 2.45) is 0 Å². The first-order valence-corrected chi connectivity index (χ1v) is 9.99. The lowest BCUT2D eigenvalue weighted by molar-refractivity contribution is 0.613. The summed E-state index contributed by atoms with van der Waals surface area (Å²) in [5.74, 6) is 0.672. The summed E-state index contributed by atoms with van der Waals surface area (Å²) in [5.41, 5.74) is 2.67. The van der Waals surface area contributed by atoms with Gasteiger partial charge in [-0.2, -0.15) is 10.1 Å². The number of H-pyrrole nitrogens is 1. The van der Waals surface area contributed by atoms with Crippen LogP contribution >= 0.6 is 11.6 Å². The van der Waals surface area contributed by atoms with Crippen LogP contribution in [0.5, 0.6) is 0 Å². The number of nitrogens with zero attached hydrogens (tertiary/aromatic N) is 4. The number of nitrogens with one attached hydrogen (secondary N) is 3. The zero-order chi connectivity index (χ0) is 20.4. The fraction of sp³-hybridized carbons (Fsp3) is 0.0556. The summed E-state index contributed by atoms with van der Waals surface area (Å²) in [7, 11) is -1.31. The van der Waals surface area contributed by atoms with Crippen molar-refractivity contribution in [3.63, 3.8) is 0 Å². The van der Waals surface area contributed by atoms with Gasteiger partial charge in [-0.05, 0) is 30.3 Å². The predicted octanol–water partition coefficient (Wildman–Crippen LogP) is 3.46. The summed E-state index contributed by atoms with van der Waals surface area (Å²) in [6.07, 6.45) is 3.21. The molecule has 0 aliphatic rings. The van der Waals surface area contributed by atoms with Crippen LogP contribution in [-0.4, -0.2) is 35.6 Å². The summed E-state index contributed by atoms with van der Waals surface area (Å²) in [5, 5.41) is 14.4. The molecule has 0 aliphatic heterocycles. The Morgan fingerprint density at radius 2 is 1.93 bits per heavy atom. The van der Waals surface area contributed by atoms with Crippen molar-refractivity contribution >= 4 is 62.2 Å². The smallest absolute Gasteiger partial charge is 0.229 e. The van der Waals surface area contributed by atoms with Gasteiger partial charge in [0.1, 0.15) is 5.02 Å². The number of para-hydroxylation sites is 2. The maximum absolute atomic E-state index is 11.4. The molecule has 0 unspecified atom stereocenters. The largest absolute Gasteiger partial charge is 0.337 e. The summed E-state index contributed by atoms with van der Waals surface area (Å²) >= 11 is 6.25. The van der Waals surface area contributed by atoms with Crippen molar-refractivity contribution in [3.8, 4) is 0 Å². The second-order valence-electron chi connectivity index (χ2n) is 6.09. The van der Waals surface area contributed by atoms with Crippen LogP contribution in [0.1, 0.15) is 0 Å². The van der Waals surface area contributed by atoms with Crippen molar-refractivity contribution in [3.05, 3.63) is 59.9 Å². The van der Waals surface area contributed by atoms with Crippen LogP contribution in [0.3, 0.4) is 0 Å². The highest BCUT2D eigenvalue weighted by Gasteiger charge is 2.12. The molecule has 2 aromatic heterocycles. The van der Waals surface area contributed by atoms with E-state index in [1.54, 1.807) is 30.5 Å². The molecule has 0 radical (unpaired) electrons. The number of fused-ring (bicyclic) bond motifs is 1. The van der Waals surface area contributed by atoms with Crippen molar-refractivity contribution < 1.29 is 8.42 Å². The second kappa shape index (κ2) is 7.94. The molecule has 2 heterocycles. The highest BCUT2D eigenvalue weighted by atomic mass is 35.5. The molecule has 0 fully saturated rings. The molecule has 11 heteroatoms. The van der Waals surface area contributed by atoms with Crippen LogP contribution in [0.25, 0.3) is 10.9 Å². The zero-order valence-corrected chi connectivity index (χ0v) is 16.8. The number of hydrogen-bond donors (Lipinski definition) is 4. The van der Waals surface area contributed by atoms with E-state index in [0.717, 1.165) is 20.9 Å². The van der Waals surface area contributed by atoms with Crippen LogP contribution in [0.2, 0.25) is 5.02 Å². The first-order valence-electron chi connectivity index (χ1n) is 8.48. The van der Waals surface area contributed by atoms with Crippen LogP contribution in [0, 0.1) is 0 Å². The van der Waals surface area contributed by atoms with Crippen LogP contribution < -0.4 is 14.9 Å². The molecule has 0 amide bonds. The molecule has 9 nitrogen and oxygen atoms in total. The minimum absolute atomic E-state index is 0.295. The van der Waals surface area contributed by atoms with Gasteiger partial charge < -0.3 is 10.6 Å². The summed E-state index contributed by atoms with van der Waals surface area (Å²) in [6, 6.07) is 12.7. The number of hydrogen-bond acceptors (Lipinski definition) is 7. The van der Waals surface area contributed by atoms with Gasteiger partial charge in [0.2, 0.25) is 16.8 Å². The van der Waals surface area contributed by atoms with Gasteiger partial charge in [-0.1, -0.05) is 23.7 Å². The molecule has 3 N–H and O–H groups in total. The van der Waals surface area contributed by atoms with Gasteiger partial charge in [0.25, 0.3) is 0 Å². The van der Waals surface area contributed by atoms with E-state index in [1.807, 2.05) is 18.2 Å². The van der Waals surface area contributed by atoms with Gasteiger partial charge in [-0.15, -0.1) is 0 Å². The zero-order valence-electron chi connectivity index (χ0n) is 15.1. The lowest BCUT2D eigenvalue weighted by Crippen LogP contribution is -2.15. The molecule has 4 rings (SSSR count). The average molecular weight is 430 g/mol. The average Bonchev–Trinajstić information content (AvgIpc) is 3.18. The normalized spacial score (nSPS) is 11.0. The number of thiol groups is 1. The van der Waals surface area contributed by atoms with Crippen molar-refractivity contribution in [2.45, 2.75) is 0 Å². The van der Waals surface area contributed by atoms with Gasteiger partial charge >= 0.3 is 0 Å². The Labute approximate surface area is 172 Å². The molecule has 0 saturated carbocycles. The molecule has 148 valence electrons. The minimum Gasteiger partial charge on any atom is -0.337 e. The number of halogens is 1. The lowest BCUT2D eigenvalue weighted by Gasteiger charge is -2.17. The quantitative estimate of drug-likeness (QED) is 0.347. The Bertz CT molecular complexity index is 1250. The van der Waals surface area contributed by atoms with Gasteiger partial charge in [0.15, 0.2) is 5.82 Å². The first kappa shape index (κ1) is 19.0. The third-order valence-corrected chi connectivity index (χ3v) is 5.17. The number of benzene rings is 2. The first-order chi connectivity index (χ1) is 14.0. The van der Waals surface area contributed by atoms with E-state index in [1.165, 1.54) is 13.2 Å². The standard InChI is InChI=1S/C18H16ClN7O2S/c1-26(29(27)28)16-5-3-2-4-14(16)23-17-13(19)10-20-18(24-17)22-12-7-6-11-9-21-25-15(11)8-12/h2-10,29H,1H3,(H,21,25)(H2,20,22,23,24). The number of aromatic nitrogens is 4. The van der Waals surface area contributed by atoms with Crippen LogP contribution in [-0.2, 0) is 10.9 Å². The fourth-order valence-electron chi connectivity index (χ4n) is 2.74. The molecule has 29 heavy (non-hydrogen) atoms. The Hall–Kier alpha value is -3.37. The summed E-state index contributed by atoms with van der Waals surface area (Å²) in [6.45, 7) is 0. The van der Waals surface area contributed by atoms with E-state index in [4.69, 9.17) is 11.6 Å². The molecule has 0 bridgehead atoms. The van der Waals surface area contributed by atoms with Crippen LogP contribution in [0.4, 0.5) is 28.8 Å². The second-order valence-corrected chi connectivity index (χ2v) is 7.57. The molecule has 0 saturated heterocycles. The van der Waals surface area contributed by atoms with Crippen molar-refractivity contribution in [1.82, 2.24) is 20.2 Å². The van der Waals surface area contributed by atoms with Gasteiger partial charge in [-0.3, -0.25) is 9.40 Å². The fourth-order valence-corrected chi connectivity index (χ4v) is 3.22. The number of aromatic amines is 1. The number of rotatable bonds is 6. The van der Waals surface area contributed by atoms with E-state index >= 15 is 0 Å². The summed E-state index contributed by atoms with van der Waals surface area (Å²) < 4.78 is 23.9. The molecule has 4 aromatic rings. The monoisotopic (exact) mass is 429 g/mol. The molecule has 0 aliphatic carbocycles. The molecular weight excluding hydrogens is 414 g/mol. The van der Waals surface area contributed by atoms with Crippen molar-refractivity contribution in [2.75, 3.05) is 22.0 Å². The van der Waals surface area contributed by atoms with Crippen LogP contribution in [0.15, 0.2) is 54.9 Å². The topological polar surface area (TPSA) is 116 Å². The molecule has 2 aromatic carbocycles. The highest BCUT2D eigenvalue weighted by Crippen LogP contribution is 2.31. The van der Waals surface area contributed by atoms with Gasteiger partial charge in [0, 0.05) is 18.1 Å². The third-order valence-electron chi connectivity index (χ3n) is 4.19. The Balaban J connectivity index is 1.62. The molecule has 0 spiro atoms. The predicted molar refractivity (Wildman–Crippen MR) is 115 cm³/mol. The van der Waals surface area contributed by atoms with E-state index in [-0.39, 0.29) is 0 Å². The Kier molecular flexibility index (Phi) is 5.19. The lowest BCUT2D eigenvalue weighted by atomic mass is 10.2. The van der Waals surface area contributed by atoms with Gasteiger partial charge in [-0.25, -0.2) is 13.4 Å². The van der Waals surface area contributed by atoms with Crippen molar-refractivity contribution in [1.29, 1.82) is 0 Å². The number of anilines is 5. The minimum atomic E-state index is -2.78. The SMILES string of the molecule is CN(c1ccccc1Nc1nc(Nc2ccc3cn[nH]c3c2)ncc1Cl)[SH](=O)=O. The Morgan fingerprint density at radius 1 is 1.10 bits per heavy atom. The molecular formula is C18H16ClN7O2S. The Morgan fingerprint density at radius 3 is 2.76 bits per heavy atom. The highest BCUT2D eigenvalue weighted by molar-refractivity contribution is 7.74. The molecule has 0 atom stereocenters. The van der Waals surface area contributed by atoms with E-state index in [2.05, 4.69) is 30.8 Å². The maximum Gasteiger partial charge on any atom is 0.229 e. The third kappa shape index (κ3) is 4.08.